The molecule has 1 aliphatic rings. The molecule has 0 spiro atoms. The summed E-state index contributed by atoms with van der Waals surface area (Å²) in [5, 5.41) is 6.15. The first kappa shape index (κ1) is 14.5. The van der Waals surface area contributed by atoms with Crippen molar-refractivity contribution in [1.82, 2.24) is 10.2 Å². The molecule has 0 bridgehead atoms. The van der Waals surface area contributed by atoms with Crippen molar-refractivity contribution in [1.29, 1.82) is 0 Å². The average molecular weight is 298 g/mol. The van der Waals surface area contributed by atoms with Crippen LogP contribution < -0.4 is 15.4 Å². The van der Waals surface area contributed by atoms with Crippen LogP contribution in [0.15, 0.2) is 12.1 Å². The topological polar surface area (TPSA) is 70.7 Å². The second kappa shape index (κ2) is 6.00. The maximum atomic E-state index is 11.9. The van der Waals surface area contributed by atoms with E-state index < -0.39 is 0 Å². The van der Waals surface area contributed by atoms with Gasteiger partial charge in [-0.3, -0.25) is 9.69 Å². The monoisotopic (exact) mass is 297 g/mol. The molecule has 0 atom stereocenters. The van der Waals surface area contributed by atoms with E-state index in [2.05, 4.69) is 10.6 Å². The highest BCUT2D eigenvalue weighted by Gasteiger charge is 2.25. The molecule has 0 unspecified atom stereocenters. The summed E-state index contributed by atoms with van der Waals surface area (Å²) >= 11 is 6.01. The van der Waals surface area contributed by atoms with Crippen LogP contribution in [-0.4, -0.2) is 43.6 Å². The second-order valence-electron chi connectivity index (χ2n) is 4.43. The van der Waals surface area contributed by atoms with Gasteiger partial charge >= 0.3 is 6.03 Å². The number of aryl methyl sites for hydroxylation is 1. The third-order valence-corrected chi connectivity index (χ3v) is 3.48. The molecule has 7 heteroatoms. The zero-order valence-corrected chi connectivity index (χ0v) is 12.1. The van der Waals surface area contributed by atoms with Gasteiger partial charge in [-0.15, -0.1) is 0 Å². The Morgan fingerprint density at radius 3 is 2.90 bits per heavy atom. The Hall–Kier alpha value is -1.95. The van der Waals surface area contributed by atoms with Crippen LogP contribution in [0.2, 0.25) is 5.02 Å². The highest BCUT2D eigenvalue weighted by Crippen LogP contribution is 2.30. The van der Waals surface area contributed by atoms with E-state index in [4.69, 9.17) is 16.3 Å². The van der Waals surface area contributed by atoms with Crippen LogP contribution in [0.3, 0.4) is 0 Å². The molecule has 2 rings (SSSR count). The van der Waals surface area contributed by atoms with Gasteiger partial charge in [0.1, 0.15) is 5.75 Å². The number of benzene rings is 1. The SMILES string of the molecule is COc1cc(Cl)c(C)cc1NCC(=O)N1CCNC1=O. The van der Waals surface area contributed by atoms with Crippen LogP contribution in [0, 0.1) is 6.92 Å². The minimum atomic E-state index is -0.351. The van der Waals surface area contributed by atoms with Gasteiger partial charge in [0.2, 0.25) is 5.91 Å². The molecule has 1 aliphatic heterocycles. The minimum absolute atomic E-state index is 0.0187. The number of urea groups is 1. The number of hydrogen-bond donors (Lipinski definition) is 2. The molecule has 108 valence electrons. The highest BCUT2D eigenvalue weighted by atomic mass is 35.5. The molecule has 0 aromatic heterocycles. The van der Waals surface area contributed by atoms with Crippen LogP contribution in [0.1, 0.15) is 5.56 Å². The summed E-state index contributed by atoms with van der Waals surface area (Å²) in [5.41, 5.74) is 1.55. The van der Waals surface area contributed by atoms with Gasteiger partial charge in [0.25, 0.3) is 0 Å². The lowest BCUT2D eigenvalue weighted by Gasteiger charge is -2.15. The number of imide groups is 1. The van der Waals surface area contributed by atoms with E-state index in [0.717, 1.165) is 5.56 Å². The Morgan fingerprint density at radius 1 is 1.55 bits per heavy atom. The Kier molecular flexibility index (Phi) is 4.34. The normalized spacial score (nSPS) is 14.2. The molecule has 0 aliphatic carbocycles. The molecular weight excluding hydrogens is 282 g/mol. The quantitative estimate of drug-likeness (QED) is 0.886. The van der Waals surface area contributed by atoms with Crippen molar-refractivity contribution in [2.45, 2.75) is 6.92 Å². The van der Waals surface area contributed by atoms with Crippen molar-refractivity contribution in [2.24, 2.45) is 0 Å². The van der Waals surface area contributed by atoms with Crippen molar-refractivity contribution in [3.8, 4) is 5.75 Å². The number of rotatable bonds is 4. The average Bonchev–Trinajstić information content (AvgIpc) is 2.85. The maximum absolute atomic E-state index is 11.9. The smallest absolute Gasteiger partial charge is 0.324 e. The third-order valence-electron chi connectivity index (χ3n) is 3.07. The van der Waals surface area contributed by atoms with Crippen molar-refractivity contribution in [3.63, 3.8) is 0 Å². The van der Waals surface area contributed by atoms with E-state index in [1.807, 2.05) is 6.92 Å². The van der Waals surface area contributed by atoms with Gasteiger partial charge in [-0.2, -0.15) is 0 Å². The number of nitrogens with one attached hydrogen (secondary N) is 2. The molecule has 20 heavy (non-hydrogen) atoms. The van der Waals surface area contributed by atoms with Crippen LogP contribution in [-0.2, 0) is 4.79 Å². The van der Waals surface area contributed by atoms with Crippen LogP contribution in [0.5, 0.6) is 5.75 Å². The Labute approximate surface area is 122 Å². The molecule has 3 amide bonds. The zero-order chi connectivity index (χ0) is 14.7. The van der Waals surface area contributed by atoms with Crippen molar-refractivity contribution < 1.29 is 14.3 Å². The fraction of sp³-hybridized carbons (Fsp3) is 0.385. The van der Waals surface area contributed by atoms with Gasteiger partial charge in [-0.25, -0.2) is 4.79 Å². The van der Waals surface area contributed by atoms with Gasteiger partial charge in [0.15, 0.2) is 0 Å². The Balaban J connectivity index is 2.05. The number of carbonyl (C=O) groups is 2. The van der Waals surface area contributed by atoms with E-state index in [-0.39, 0.29) is 18.5 Å². The first-order valence-electron chi connectivity index (χ1n) is 6.19. The van der Waals surface area contributed by atoms with Gasteiger partial charge in [-0.05, 0) is 18.6 Å². The molecule has 1 fully saturated rings. The lowest BCUT2D eigenvalue weighted by molar-refractivity contribution is -0.125. The Bertz CT molecular complexity index is 548. The van der Waals surface area contributed by atoms with E-state index in [1.54, 1.807) is 12.1 Å². The lowest BCUT2D eigenvalue weighted by atomic mass is 10.2. The maximum Gasteiger partial charge on any atom is 0.324 e. The van der Waals surface area contributed by atoms with Gasteiger partial charge < -0.3 is 15.4 Å². The predicted molar refractivity (Wildman–Crippen MR) is 76.3 cm³/mol. The first-order valence-corrected chi connectivity index (χ1v) is 6.57. The van der Waals surface area contributed by atoms with Crippen molar-refractivity contribution >= 4 is 29.2 Å². The van der Waals surface area contributed by atoms with Gasteiger partial charge in [0.05, 0.1) is 19.3 Å². The second-order valence-corrected chi connectivity index (χ2v) is 4.84. The number of amides is 3. The highest BCUT2D eigenvalue weighted by molar-refractivity contribution is 6.31. The molecule has 0 radical (unpaired) electrons. The third kappa shape index (κ3) is 2.96. The molecule has 1 heterocycles. The minimum Gasteiger partial charge on any atom is -0.495 e. The molecule has 1 saturated heterocycles. The lowest BCUT2D eigenvalue weighted by Crippen LogP contribution is -2.38. The molecule has 1 aromatic rings. The number of halogens is 1. The molecule has 6 nitrogen and oxygen atoms in total. The summed E-state index contributed by atoms with van der Waals surface area (Å²) in [5.74, 6) is 0.272. The molecule has 2 N–H and O–H groups in total. The number of nitrogens with zero attached hydrogens (tertiary/aromatic N) is 1. The van der Waals surface area contributed by atoms with Crippen LogP contribution in [0.25, 0.3) is 0 Å². The number of ether oxygens (including phenoxy) is 1. The number of hydrogen-bond acceptors (Lipinski definition) is 4. The summed E-state index contributed by atoms with van der Waals surface area (Å²) in [6, 6.07) is 3.14. The van der Waals surface area contributed by atoms with E-state index in [9.17, 15) is 9.59 Å². The standard InChI is InChI=1S/C13H16ClN3O3/c1-8-5-10(11(20-2)6-9(8)14)16-7-12(18)17-4-3-15-13(17)19/h5-6,16H,3-4,7H2,1-2H3,(H,15,19). The number of anilines is 1. The summed E-state index contributed by atoms with van der Waals surface area (Å²) in [4.78, 5) is 24.5. The fourth-order valence-corrected chi connectivity index (χ4v) is 2.10. The zero-order valence-electron chi connectivity index (χ0n) is 11.3. The molecule has 1 aromatic carbocycles. The van der Waals surface area contributed by atoms with Crippen molar-refractivity contribution in [3.05, 3.63) is 22.7 Å². The van der Waals surface area contributed by atoms with Crippen LogP contribution in [0.4, 0.5) is 10.5 Å². The number of carbonyl (C=O) groups excluding carboxylic acids is 2. The summed E-state index contributed by atoms with van der Waals surface area (Å²) in [7, 11) is 1.53. The first-order chi connectivity index (χ1) is 9.52. The van der Waals surface area contributed by atoms with E-state index in [1.165, 1.54) is 12.0 Å². The molecular formula is C13H16ClN3O3. The fourth-order valence-electron chi connectivity index (χ4n) is 1.95. The number of methoxy groups -OCH3 is 1. The van der Waals surface area contributed by atoms with E-state index >= 15 is 0 Å². The Morgan fingerprint density at radius 2 is 2.30 bits per heavy atom. The summed E-state index contributed by atoms with van der Waals surface area (Å²) in [6.07, 6.45) is 0. The molecule has 0 saturated carbocycles. The van der Waals surface area contributed by atoms with Crippen molar-refractivity contribution in [2.75, 3.05) is 32.1 Å². The largest absolute Gasteiger partial charge is 0.495 e. The predicted octanol–water partition coefficient (Wildman–Crippen LogP) is 1.62. The summed E-state index contributed by atoms with van der Waals surface area (Å²) in [6.45, 7) is 2.78. The van der Waals surface area contributed by atoms with E-state index in [0.29, 0.717) is 29.5 Å². The van der Waals surface area contributed by atoms with Crippen LogP contribution >= 0.6 is 11.6 Å². The van der Waals surface area contributed by atoms with Gasteiger partial charge in [-0.1, -0.05) is 11.6 Å². The summed E-state index contributed by atoms with van der Waals surface area (Å²) < 4.78 is 5.21. The van der Waals surface area contributed by atoms with Gasteiger partial charge in [0, 0.05) is 24.2 Å².